The van der Waals surface area contributed by atoms with Crippen molar-refractivity contribution in [3.63, 3.8) is 0 Å². The Morgan fingerprint density at radius 2 is 0.833 bits per heavy atom. The predicted octanol–water partition coefficient (Wildman–Crippen LogP) is 13.3. The van der Waals surface area contributed by atoms with Gasteiger partial charge < -0.3 is 9.32 Å². The van der Waals surface area contributed by atoms with Gasteiger partial charge in [-0.2, -0.15) is 0 Å². The average molecular weight is 612 g/mol. The van der Waals surface area contributed by atoms with Crippen molar-refractivity contribution in [3.8, 4) is 11.1 Å². The first-order chi connectivity index (χ1) is 23.8. The second kappa shape index (κ2) is 10.6. The van der Waals surface area contributed by atoms with Crippen LogP contribution < -0.4 is 4.90 Å². The van der Waals surface area contributed by atoms with E-state index in [2.05, 4.69) is 175 Å². The number of furan rings is 1. The standard InChI is InChI=1S/C46H29NO/c1-2-14-30(15-3-1)41-28-33(29-45-46(41)40-24-12-13-25-44(40)48-45)47(42-26-31-16-4-6-18-34(31)36-20-8-10-22-38(36)42)43-27-32-17-5-7-19-35(32)37-21-9-11-23-39(37)43/h1-29H. The van der Waals surface area contributed by atoms with Crippen LogP contribution in [0.4, 0.5) is 17.1 Å². The fourth-order valence-electron chi connectivity index (χ4n) is 7.66. The molecule has 48 heavy (non-hydrogen) atoms. The van der Waals surface area contributed by atoms with Gasteiger partial charge >= 0.3 is 0 Å². The molecule has 1 aromatic heterocycles. The van der Waals surface area contributed by atoms with Crippen molar-refractivity contribution in [2.24, 2.45) is 0 Å². The van der Waals surface area contributed by atoms with Gasteiger partial charge in [0.15, 0.2) is 0 Å². The van der Waals surface area contributed by atoms with Crippen molar-refractivity contribution in [1.82, 2.24) is 0 Å². The summed E-state index contributed by atoms with van der Waals surface area (Å²) in [5, 5.41) is 12.0. The summed E-state index contributed by atoms with van der Waals surface area (Å²) < 4.78 is 6.67. The van der Waals surface area contributed by atoms with Crippen molar-refractivity contribution in [3.05, 3.63) is 176 Å². The molecular weight excluding hydrogens is 583 g/mol. The SMILES string of the molecule is c1ccc(-c2cc(N(c3cc4ccccc4c4ccccc34)c3cc4ccccc4c4ccccc34)cc3oc4ccccc4c23)cc1. The maximum Gasteiger partial charge on any atom is 0.138 e. The Balaban J connectivity index is 1.39. The van der Waals surface area contributed by atoms with Gasteiger partial charge in [0.05, 0.1) is 17.1 Å². The van der Waals surface area contributed by atoms with Crippen LogP contribution in [0.1, 0.15) is 0 Å². The summed E-state index contributed by atoms with van der Waals surface area (Å²) in [7, 11) is 0. The first-order valence-electron chi connectivity index (χ1n) is 16.4. The number of fused-ring (bicyclic) bond motifs is 9. The molecule has 1 heterocycles. The molecule has 0 aliphatic heterocycles. The number of rotatable bonds is 4. The van der Waals surface area contributed by atoms with E-state index >= 15 is 0 Å². The molecule has 10 rings (SSSR count). The lowest BCUT2D eigenvalue weighted by molar-refractivity contribution is 0.669. The minimum atomic E-state index is 0.868. The maximum atomic E-state index is 6.67. The van der Waals surface area contributed by atoms with Crippen LogP contribution in [0.2, 0.25) is 0 Å². The third-order valence-electron chi connectivity index (χ3n) is 9.78. The molecule has 2 nitrogen and oxygen atoms in total. The van der Waals surface area contributed by atoms with Crippen molar-refractivity contribution >= 4 is 82.1 Å². The molecule has 0 radical (unpaired) electrons. The smallest absolute Gasteiger partial charge is 0.138 e. The van der Waals surface area contributed by atoms with Crippen LogP contribution in [0.15, 0.2) is 180 Å². The molecule has 0 aliphatic carbocycles. The molecule has 224 valence electrons. The lowest BCUT2D eigenvalue weighted by atomic mass is 9.95. The molecule has 10 aromatic rings. The fourth-order valence-corrected chi connectivity index (χ4v) is 7.66. The van der Waals surface area contributed by atoms with E-state index in [4.69, 9.17) is 4.42 Å². The third kappa shape index (κ3) is 4.06. The minimum Gasteiger partial charge on any atom is -0.456 e. The van der Waals surface area contributed by atoms with Crippen LogP contribution in [0.25, 0.3) is 76.2 Å². The molecule has 0 saturated heterocycles. The summed E-state index contributed by atoms with van der Waals surface area (Å²) in [6.45, 7) is 0. The van der Waals surface area contributed by atoms with E-state index in [0.29, 0.717) is 0 Å². The molecule has 0 saturated carbocycles. The lowest BCUT2D eigenvalue weighted by Crippen LogP contribution is -2.12. The number of anilines is 3. The van der Waals surface area contributed by atoms with E-state index < -0.39 is 0 Å². The fraction of sp³-hybridized carbons (Fsp3) is 0. The molecular formula is C46H29NO. The second-order valence-electron chi connectivity index (χ2n) is 12.5. The number of nitrogens with zero attached hydrogens (tertiary/aromatic N) is 1. The Morgan fingerprint density at radius 1 is 0.354 bits per heavy atom. The Morgan fingerprint density at radius 3 is 1.44 bits per heavy atom. The summed E-state index contributed by atoms with van der Waals surface area (Å²) in [6.07, 6.45) is 0. The molecule has 0 unspecified atom stereocenters. The molecule has 0 amide bonds. The van der Waals surface area contributed by atoms with E-state index in [1.807, 2.05) is 6.07 Å². The zero-order valence-corrected chi connectivity index (χ0v) is 26.1. The van der Waals surface area contributed by atoms with Crippen molar-refractivity contribution in [2.45, 2.75) is 0 Å². The topological polar surface area (TPSA) is 16.4 Å². The molecule has 0 fully saturated rings. The van der Waals surface area contributed by atoms with Crippen molar-refractivity contribution < 1.29 is 4.42 Å². The normalized spacial score (nSPS) is 11.8. The summed E-state index contributed by atoms with van der Waals surface area (Å²) in [6, 6.07) is 63.4. The Labute approximate surface area is 277 Å². The van der Waals surface area contributed by atoms with E-state index in [-0.39, 0.29) is 0 Å². The van der Waals surface area contributed by atoms with Gasteiger partial charge in [0, 0.05) is 27.6 Å². The molecule has 0 atom stereocenters. The quantitative estimate of drug-likeness (QED) is 0.184. The summed E-state index contributed by atoms with van der Waals surface area (Å²) in [5.74, 6) is 0. The van der Waals surface area contributed by atoms with Gasteiger partial charge in [-0.05, 0) is 67.7 Å². The number of benzene rings is 9. The van der Waals surface area contributed by atoms with Gasteiger partial charge in [-0.15, -0.1) is 0 Å². The number of hydrogen-bond donors (Lipinski definition) is 0. The van der Waals surface area contributed by atoms with Crippen LogP contribution in [0, 0.1) is 0 Å². The van der Waals surface area contributed by atoms with Gasteiger partial charge in [-0.25, -0.2) is 0 Å². The van der Waals surface area contributed by atoms with Crippen LogP contribution in [0.5, 0.6) is 0 Å². The van der Waals surface area contributed by atoms with Gasteiger partial charge in [-0.3, -0.25) is 0 Å². The zero-order chi connectivity index (χ0) is 31.6. The van der Waals surface area contributed by atoms with Crippen LogP contribution >= 0.6 is 0 Å². The zero-order valence-electron chi connectivity index (χ0n) is 26.1. The second-order valence-corrected chi connectivity index (χ2v) is 12.5. The van der Waals surface area contributed by atoms with Gasteiger partial charge in [0.1, 0.15) is 11.2 Å². The highest BCUT2D eigenvalue weighted by molar-refractivity contribution is 6.20. The van der Waals surface area contributed by atoms with Gasteiger partial charge in [0.25, 0.3) is 0 Å². The van der Waals surface area contributed by atoms with E-state index in [1.54, 1.807) is 0 Å². The van der Waals surface area contributed by atoms with E-state index in [9.17, 15) is 0 Å². The monoisotopic (exact) mass is 611 g/mol. The Kier molecular flexibility index (Phi) is 5.91. The molecule has 0 bridgehead atoms. The molecule has 0 spiro atoms. The highest BCUT2D eigenvalue weighted by Crippen LogP contribution is 2.48. The number of hydrogen-bond acceptors (Lipinski definition) is 2. The van der Waals surface area contributed by atoms with E-state index in [0.717, 1.165) is 50.1 Å². The maximum absolute atomic E-state index is 6.67. The highest BCUT2D eigenvalue weighted by Gasteiger charge is 2.23. The summed E-state index contributed by atoms with van der Waals surface area (Å²) >= 11 is 0. The summed E-state index contributed by atoms with van der Waals surface area (Å²) in [4.78, 5) is 2.46. The predicted molar refractivity (Wildman–Crippen MR) is 204 cm³/mol. The molecule has 2 heteroatoms. The highest BCUT2D eigenvalue weighted by atomic mass is 16.3. The molecule has 0 N–H and O–H groups in total. The molecule has 9 aromatic carbocycles. The van der Waals surface area contributed by atoms with Crippen molar-refractivity contribution in [2.75, 3.05) is 4.90 Å². The van der Waals surface area contributed by atoms with Crippen LogP contribution in [-0.2, 0) is 0 Å². The minimum absolute atomic E-state index is 0.868. The average Bonchev–Trinajstić information content (AvgIpc) is 3.54. The number of para-hydroxylation sites is 1. The van der Waals surface area contributed by atoms with Crippen LogP contribution in [-0.4, -0.2) is 0 Å². The van der Waals surface area contributed by atoms with Crippen molar-refractivity contribution in [1.29, 1.82) is 0 Å². The first-order valence-corrected chi connectivity index (χ1v) is 16.4. The van der Waals surface area contributed by atoms with Gasteiger partial charge in [0.2, 0.25) is 0 Å². The Bertz CT molecular complexity index is 2730. The summed E-state index contributed by atoms with van der Waals surface area (Å²) in [5.41, 5.74) is 7.35. The van der Waals surface area contributed by atoms with Gasteiger partial charge in [-0.1, -0.05) is 146 Å². The molecule has 0 aliphatic rings. The van der Waals surface area contributed by atoms with Crippen LogP contribution in [0.3, 0.4) is 0 Å². The lowest BCUT2D eigenvalue weighted by Gasteiger charge is -2.30. The third-order valence-corrected chi connectivity index (χ3v) is 9.78. The van der Waals surface area contributed by atoms with E-state index in [1.165, 1.54) is 43.1 Å². The Hall–Kier alpha value is -6.38. The largest absolute Gasteiger partial charge is 0.456 e. The first kappa shape index (κ1) is 26.8.